The van der Waals surface area contributed by atoms with Crippen molar-refractivity contribution in [1.82, 2.24) is 10.3 Å². The molecule has 0 spiro atoms. The first kappa shape index (κ1) is 15.4. The van der Waals surface area contributed by atoms with Crippen molar-refractivity contribution in [3.8, 4) is 5.75 Å². The van der Waals surface area contributed by atoms with Crippen LogP contribution >= 0.6 is 0 Å². The molecule has 2 aromatic rings. The highest BCUT2D eigenvalue weighted by Gasteiger charge is 2.15. The van der Waals surface area contributed by atoms with Crippen molar-refractivity contribution in [2.24, 2.45) is 5.92 Å². The molecule has 1 aromatic carbocycles. The minimum Gasteiger partial charge on any atom is -0.497 e. The van der Waals surface area contributed by atoms with Crippen molar-refractivity contribution < 1.29 is 9.13 Å². The summed E-state index contributed by atoms with van der Waals surface area (Å²) >= 11 is 0. The zero-order chi connectivity index (χ0) is 15.2. The first-order valence-corrected chi connectivity index (χ1v) is 7.09. The molecule has 0 amide bonds. The molecule has 3 nitrogen and oxygen atoms in total. The SMILES string of the molecule is COc1ccc([C@H](NCc2cccc(F)n2)C(C)C)cc1. The molecule has 0 saturated carbocycles. The van der Waals surface area contributed by atoms with E-state index in [1.807, 2.05) is 18.2 Å². The fourth-order valence-corrected chi connectivity index (χ4v) is 2.31. The first-order valence-electron chi connectivity index (χ1n) is 7.09. The molecule has 4 heteroatoms. The van der Waals surface area contributed by atoms with Gasteiger partial charge in [0.05, 0.1) is 12.8 Å². The summed E-state index contributed by atoms with van der Waals surface area (Å²) in [5, 5.41) is 3.45. The predicted octanol–water partition coefficient (Wildman–Crippen LogP) is 3.72. The van der Waals surface area contributed by atoms with E-state index in [0.717, 1.165) is 5.75 Å². The van der Waals surface area contributed by atoms with Gasteiger partial charge in [-0.3, -0.25) is 0 Å². The smallest absolute Gasteiger partial charge is 0.213 e. The van der Waals surface area contributed by atoms with E-state index >= 15 is 0 Å². The molecule has 21 heavy (non-hydrogen) atoms. The van der Waals surface area contributed by atoms with Crippen LogP contribution in [-0.2, 0) is 6.54 Å². The normalized spacial score (nSPS) is 12.4. The van der Waals surface area contributed by atoms with Crippen LogP contribution in [-0.4, -0.2) is 12.1 Å². The van der Waals surface area contributed by atoms with E-state index in [1.165, 1.54) is 11.6 Å². The van der Waals surface area contributed by atoms with Gasteiger partial charge in [0.1, 0.15) is 5.75 Å². The molecular formula is C17H21FN2O. The number of hydrogen-bond donors (Lipinski definition) is 1. The number of benzene rings is 1. The van der Waals surface area contributed by atoms with Gasteiger partial charge >= 0.3 is 0 Å². The lowest BCUT2D eigenvalue weighted by atomic mass is 9.96. The molecule has 1 N–H and O–H groups in total. The van der Waals surface area contributed by atoms with E-state index in [9.17, 15) is 4.39 Å². The standard InChI is InChI=1S/C17H21FN2O/c1-12(2)17(13-7-9-15(21-3)10-8-13)19-11-14-5-4-6-16(18)20-14/h4-10,12,17,19H,11H2,1-3H3/t17-/m1/s1. The van der Waals surface area contributed by atoms with E-state index in [0.29, 0.717) is 18.2 Å². The van der Waals surface area contributed by atoms with Crippen molar-refractivity contribution in [1.29, 1.82) is 0 Å². The molecule has 2 rings (SSSR count). The molecule has 0 aliphatic heterocycles. The monoisotopic (exact) mass is 288 g/mol. The molecule has 0 fully saturated rings. The van der Waals surface area contributed by atoms with Crippen LogP contribution in [0.2, 0.25) is 0 Å². The molecule has 0 aliphatic carbocycles. The Morgan fingerprint density at radius 3 is 2.43 bits per heavy atom. The molecule has 0 aliphatic rings. The zero-order valence-corrected chi connectivity index (χ0v) is 12.6. The second-order valence-electron chi connectivity index (χ2n) is 5.33. The average molecular weight is 288 g/mol. The molecule has 0 unspecified atom stereocenters. The third kappa shape index (κ3) is 4.26. The number of aromatic nitrogens is 1. The summed E-state index contributed by atoms with van der Waals surface area (Å²) in [6.45, 7) is 4.84. The lowest BCUT2D eigenvalue weighted by Crippen LogP contribution is -2.25. The van der Waals surface area contributed by atoms with Crippen molar-refractivity contribution in [3.05, 3.63) is 59.7 Å². The molecule has 0 radical (unpaired) electrons. The van der Waals surface area contributed by atoms with Crippen molar-refractivity contribution in [2.75, 3.05) is 7.11 Å². The van der Waals surface area contributed by atoms with Crippen LogP contribution in [0.3, 0.4) is 0 Å². The van der Waals surface area contributed by atoms with Gasteiger partial charge in [0.15, 0.2) is 0 Å². The van der Waals surface area contributed by atoms with Gasteiger partial charge in [-0.15, -0.1) is 0 Å². The average Bonchev–Trinajstić information content (AvgIpc) is 2.48. The Bertz CT molecular complexity index is 569. The number of hydrogen-bond acceptors (Lipinski definition) is 3. The Morgan fingerprint density at radius 2 is 1.86 bits per heavy atom. The highest BCUT2D eigenvalue weighted by atomic mass is 19.1. The van der Waals surface area contributed by atoms with Gasteiger partial charge in [-0.25, -0.2) is 4.98 Å². The molecule has 112 valence electrons. The third-order valence-corrected chi connectivity index (χ3v) is 3.42. The largest absolute Gasteiger partial charge is 0.497 e. The highest BCUT2D eigenvalue weighted by Crippen LogP contribution is 2.24. The summed E-state index contributed by atoms with van der Waals surface area (Å²) in [7, 11) is 1.66. The molecule has 1 atom stereocenters. The minimum absolute atomic E-state index is 0.181. The Kier molecular flexibility index (Phi) is 5.28. The first-order chi connectivity index (χ1) is 10.1. The van der Waals surface area contributed by atoms with Gasteiger partial charge in [-0.05, 0) is 35.7 Å². The summed E-state index contributed by atoms with van der Waals surface area (Å²) in [5.41, 5.74) is 1.89. The van der Waals surface area contributed by atoms with Gasteiger partial charge in [0.2, 0.25) is 5.95 Å². The van der Waals surface area contributed by atoms with Crippen LogP contribution in [0, 0.1) is 11.9 Å². The topological polar surface area (TPSA) is 34.1 Å². The summed E-state index contributed by atoms with van der Waals surface area (Å²) in [5.74, 6) is 0.805. The number of nitrogens with one attached hydrogen (secondary N) is 1. The number of nitrogens with zero attached hydrogens (tertiary/aromatic N) is 1. The lowest BCUT2D eigenvalue weighted by Gasteiger charge is -2.23. The second kappa shape index (κ2) is 7.18. The van der Waals surface area contributed by atoms with Crippen LogP contribution in [0.5, 0.6) is 5.75 Å². The van der Waals surface area contributed by atoms with E-state index in [-0.39, 0.29) is 6.04 Å². The molecule has 0 saturated heterocycles. The van der Waals surface area contributed by atoms with Crippen LogP contribution in [0.4, 0.5) is 4.39 Å². The van der Waals surface area contributed by atoms with Gasteiger partial charge < -0.3 is 10.1 Å². The summed E-state index contributed by atoms with van der Waals surface area (Å²) in [6, 6.07) is 13.0. The zero-order valence-electron chi connectivity index (χ0n) is 12.6. The highest BCUT2D eigenvalue weighted by molar-refractivity contribution is 5.29. The van der Waals surface area contributed by atoms with Crippen LogP contribution in [0.25, 0.3) is 0 Å². The van der Waals surface area contributed by atoms with Crippen molar-refractivity contribution in [3.63, 3.8) is 0 Å². The van der Waals surface area contributed by atoms with Gasteiger partial charge in [-0.1, -0.05) is 32.0 Å². The maximum atomic E-state index is 13.1. The van der Waals surface area contributed by atoms with E-state index < -0.39 is 5.95 Å². The second-order valence-corrected chi connectivity index (χ2v) is 5.33. The number of rotatable bonds is 6. The quantitative estimate of drug-likeness (QED) is 0.823. The number of pyridine rings is 1. The van der Waals surface area contributed by atoms with E-state index in [4.69, 9.17) is 4.74 Å². The maximum Gasteiger partial charge on any atom is 0.213 e. The number of halogens is 1. The van der Waals surface area contributed by atoms with Gasteiger partial charge in [0, 0.05) is 12.6 Å². The fraction of sp³-hybridized carbons (Fsp3) is 0.353. The Hall–Kier alpha value is -1.94. The Labute approximate surface area is 125 Å². The van der Waals surface area contributed by atoms with E-state index in [1.54, 1.807) is 13.2 Å². The van der Waals surface area contributed by atoms with Crippen LogP contribution in [0.1, 0.15) is 31.1 Å². The Morgan fingerprint density at radius 1 is 1.14 bits per heavy atom. The predicted molar refractivity (Wildman–Crippen MR) is 81.6 cm³/mol. The summed E-state index contributed by atoms with van der Waals surface area (Å²) < 4.78 is 18.3. The molecule has 0 bridgehead atoms. The minimum atomic E-state index is -0.445. The van der Waals surface area contributed by atoms with Crippen LogP contribution < -0.4 is 10.1 Å². The summed E-state index contributed by atoms with van der Waals surface area (Å²) in [6.07, 6.45) is 0. The Balaban J connectivity index is 2.08. The number of ether oxygens (including phenoxy) is 1. The molecular weight excluding hydrogens is 267 g/mol. The fourth-order valence-electron chi connectivity index (χ4n) is 2.31. The summed E-state index contributed by atoms with van der Waals surface area (Å²) in [4.78, 5) is 3.88. The van der Waals surface area contributed by atoms with Gasteiger partial charge in [-0.2, -0.15) is 4.39 Å². The van der Waals surface area contributed by atoms with Crippen molar-refractivity contribution >= 4 is 0 Å². The number of methoxy groups -OCH3 is 1. The van der Waals surface area contributed by atoms with Crippen molar-refractivity contribution in [2.45, 2.75) is 26.4 Å². The maximum absolute atomic E-state index is 13.1. The van der Waals surface area contributed by atoms with Crippen LogP contribution in [0.15, 0.2) is 42.5 Å². The molecule has 1 aromatic heterocycles. The van der Waals surface area contributed by atoms with E-state index in [2.05, 4.69) is 36.3 Å². The van der Waals surface area contributed by atoms with Gasteiger partial charge in [0.25, 0.3) is 0 Å². The third-order valence-electron chi connectivity index (χ3n) is 3.42. The lowest BCUT2D eigenvalue weighted by molar-refractivity contribution is 0.402. The molecule has 1 heterocycles.